The molecule has 2 atom stereocenters. The van der Waals surface area contributed by atoms with Crippen LogP contribution in [-0.2, 0) is 6.54 Å². The van der Waals surface area contributed by atoms with Crippen molar-refractivity contribution in [2.75, 3.05) is 11.4 Å². The molecule has 1 N–H and O–H groups in total. The van der Waals surface area contributed by atoms with E-state index >= 15 is 0 Å². The zero-order valence-electron chi connectivity index (χ0n) is 13.6. The molecule has 1 aliphatic heterocycles. The van der Waals surface area contributed by atoms with Gasteiger partial charge in [-0.1, -0.05) is 6.92 Å². The van der Waals surface area contributed by atoms with Crippen LogP contribution in [0.15, 0.2) is 18.3 Å². The minimum atomic E-state index is 0.150. The van der Waals surface area contributed by atoms with Gasteiger partial charge in [0.2, 0.25) is 0 Å². The molecule has 1 fully saturated rings. The summed E-state index contributed by atoms with van der Waals surface area (Å²) in [7, 11) is 0. The van der Waals surface area contributed by atoms with Crippen molar-refractivity contribution in [3.8, 4) is 0 Å². The van der Waals surface area contributed by atoms with Gasteiger partial charge in [0.1, 0.15) is 5.82 Å². The molecule has 1 aromatic rings. The highest BCUT2D eigenvalue weighted by molar-refractivity contribution is 5.42. The van der Waals surface area contributed by atoms with E-state index in [4.69, 9.17) is 0 Å². The molecule has 1 saturated heterocycles. The summed E-state index contributed by atoms with van der Waals surface area (Å²) in [5.41, 5.74) is 1.47. The Hall–Kier alpha value is -1.09. The molecule has 0 aromatic carbocycles. The molecule has 2 unspecified atom stereocenters. The molecular weight excluding hydrogens is 246 g/mol. The minimum Gasteiger partial charge on any atom is -0.354 e. The van der Waals surface area contributed by atoms with Crippen molar-refractivity contribution in [1.82, 2.24) is 10.3 Å². The number of hydrogen-bond acceptors (Lipinski definition) is 3. The topological polar surface area (TPSA) is 28.2 Å². The molecule has 0 radical (unpaired) electrons. The average Bonchev–Trinajstić information content (AvgIpc) is 2.36. The van der Waals surface area contributed by atoms with Gasteiger partial charge in [-0.15, -0.1) is 0 Å². The summed E-state index contributed by atoms with van der Waals surface area (Å²) in [6.45, 7) is 13.3. The Morgan fingerprint density at radius 2 is 2.10 bits per heavy atom. The molecule has 0 spiro atoms. The molecule has 0 bridgehead atoms. The van der Waals surface area contributed by atoms with Gasteiger partial charge in [-0.05, 0) is 64.2 Å². The number of aromatic nitrogens is 1. The maximum absolute atomic E-state index is 4.58. The summed E-state index contributed by atoms with van der Waals surface area (Å²) in [4.78, 5) is 7.04. The van der Waals surface area contributed by atoms with Gasteiger partial charge in [-0.2, -0.15) is 0 Å². The molecule has 112 valence electrons. The SMILES string of the molecule is CC1CCN(c2cc(CNC(C)(C)C)ccn2)C(C)C1. The highest BCUT2D eigenvalue weighted by Crippen LogP contribution is 2.26. The molecule has 1 aromatic heterocycles. The maximum Gasteiger partial charge on any atom is 0.129 e. The maximum atomic E-state index is 4.58. The number of nitrogens with zero attached hydrogens (tertiary/aromatic N) is 2. The lowest BCUT2D eigenvalue weighted by Gasteiger charge is -2.37. The van der Waals surface area contributed by atoms with Gasteiger partial charge in [-0.3, -0.25) is 0 Å². The number of nitrogens with one attached hydrogen (secondary N) is 1. The van der Waals surface area contributed by atoms with Crippen molar-refractivity contribution in [2.45, 2.75) is 65.6 Å². The van der Waals surface area contributed by atoms with Crippen LogP contribution in [-0.4, -0.2) is 23.1 Å². The van der Waals surface area contributed by atoms with Crippen LogP contribution in [0, 0.1) is 5.92 Å². The number of piperidine rings is 1. The first-order valence-corrected chi connectivity index (χ1v) is 7.82. The second-order valence-corrected chi connectivity index (χ2v) is 7.30. The van der Waals surface area contributed by atoms with E-state index in [-0.39, 0.29) is 5.54 Å². The molecule has 0 aliphatic carbocycles. The second-order valence-electron chi connectivity index (χ2n) is 7.30. The fraction of sp³-hybridized carbons (Fsp3) is 0.706. The Bertz CT molecular complexity index is 436. The van der Waals surface area contributed by atoms with Crippen LogP contribution >= 0.6 is 0 Å². The van der Waals surface area contributed by atoms with E-state index in [0.717, 1.165) is 24.8 Å². The second kappa shape index (κ2) is 6.13. The van der Waals surface area contributed by atoms with Gasteiger partial charge in [-0.25, -0.2) is 4.98 Å². The third-order valence-corrected chi connectivity index (χ3v) is 4.07. The summed E-state index contributed by atoms with van der Waals surface area (Å²) >= 11 is 0. The molecule has 3 heteroatoms. The monoisotopic (exact) mass is 275 g/mol. The first kappa shape index (κ1) is 15.3. The van der Waals surface area contributed by atoms with Crippen molar-refractivity contribution >= 4 is 5.82 Å². The first-order chi connectivity index (χ1) is 9.35. The molecule has 0 amide bonds. The van der Waals surface area contributed by atoms with E-state index in [1.54, 1.807) is 0 Å². The van der Waals surface area contributed by atoms with E-state index in [1.807, 2.05) is 6.20 Å². The zero-order valence-corrected chi connectivity index (χ0v) is 13.6. The van der Waals surface area contributed by atoms with Crippen molar-refractivity contribution in [3.05, 3.63) is 23.9 Å². The Morgan fingerprint density at radius 1 is 1.35 bits per heavy atom. The van der Waals surface area contributed by atoms with Crippen molar-refractivity contribution in [1.29, 1.82) is 0 Å². The smallest absolute Gasteiger partial charge is 0.129 e. The summed E-state index contributed by atoms with van der Waals surface area (Å²) < 4.78 is 0. The van der Waals surface area contributed by atoms with Crippen LogP contribution in [0.4, 0.5) is 5.82 Å². The van der Waals surface area contributed by atoms with Gasteiger partial charge in [0.15, 0.2) is 0 Å². The average molecular weight is 275 g/mol. The summed E-state index contributed by atoms with van der Waals surface area (Å²) in [6.07, 6.45) is 4.49. The summed E-state index contributed by atoms with van der Waals surface area (Å²) in [5, 5.41) is 3.54. The standard InChI is InChI=1S/C17H29N3/c1-13-7-9-20(14(2)10-13)16-11-15(6-8-18-16)12-19-17(3,4)5/h6,8,11,13-14,19H,7,9-10,12H2,1-5H3. The molecule has 2 rings (SSSR count). The fourth-order valence-electron chi connectivity index (χ4n) is 2.84. The number of hydrogen-bond donors (Lipinski definition) is 1. The minimum absolute atomic E-state index is 0.150. The van der Waals surface area contributed by atoms with Crippen LogP contribution in [0.2, 0.25) is 0 Å². The van der Waals surface area contributed by atoms with Gasteiger partial charge < -0.3 is 10.2 Å². The Morgan fingerprint density at radius 3 is 2.75 bits per heavy atom. The van der Waals surface area contributed by atoms with Gasteiger partial charge >= 0.3 is 0 Å². The molecular formula is C17H29N3. The largest absolute Gasteiger partial charge is 0.354 e. The van der Waals surface area contributed by atoms with Crippen LogP contribution < -0.4 is 10.2 Å². The molecule has 3 nitrogen and oxygen atoms in total. The molecule has 0 saturated carbocycles. The van der Waals surface area contributed by atoms with E-state index in [9.17, 15) is 0 Å². The predicted octanol–water partition coefficient (Wildman–Crippen LogP) is 3.59. The highest BCUT2D eigenvalue weighted by Gasteiger charge is 2.23. The first-order valence-electron chi connectivity index (χ1n) is 7.82. The zero-order chi connectivity index (χ0) is 14.8. The number of anilines is 1. The molecule has 2 heterocycles. The third kappa shape index (κ3) is 4.20. The Balaban J connectivity index is 2.05. The Kier molecular flexibility index (Phi) is 4.69. The molecule has 1 aliphatic rings. The quantitative estimate of drug-likeness (QED) is 0.913. The molecule has 20 heavy (non-hydrogen) atoms. The normalized spacial score (nSPS) is 23.9. The van der Waals surface area contributed by atoms with Gasteiger partial charge in [0.05, 0.1) is 0 Å². The lowest BCUT2D eigenvalue weighted by molar-refractivity contribution is 0.376. The van der Waals surface area contributed by atoms with Gasteiger partial charge in [0.25, 0.3) is 0 Å². The summed E-state index contributed by atoms with van der Waals surface area (Å²) in [6, 6.07) is 4.95. The van der Waals surface area contributed by atoms with Crippen molar-refractivity contribution < 1.29 is 0 Å². The lowest BCUT2D eigenvalue weighted by Crippen LogP contribution is -2.40. The van der Waals surface area contributed by atoms with E-state index < -0.39 is 0 Å². The lowest BCUT2D eigenvalue weighted by atomic mass is 9.93. The van der Waals surface area contributed by atoms with E-state index in [0.29, 0.717) is 6.04 Å². The van der Waals surface area contributed by atoms with Crippen molar-refractivity contribution in [3.63, 3.8) is 0 Å². The van der Waals surface area contributed by atoms with Crippen LogP contribution in [0.3, 0.4) is 0 Å². The summed E-state index contributed by atoms with van der Waals surface area (Å²) in [5.74, 6) is 1.98. The third-order valence-electron chi connectivity index (χ3n) is 4.07. The number of pyridine rings is 1. The fourth-order valence-corrected chi connectivity index (χ4v) is 2.84. The van der Waals surface area contributed by atoms with E-state index in [1.165, 1.54) is 18.4 Å². The van der Waals surface area contributed by atoms with Crippen molar-refractivity contribution in [2.24, 2.45) is 5.92 Å². The van der Waals surface area contributed by atoms with Gasteiger partial charge in [0, 0.05) is 30.9 Å². The number of rotatable bonds is 3. The predicted molar refractivity (Wildman–Crippen MR) is 86.0 cm³/mol. The van der Waals surface area contributed by atoms with Crippen LogP contribution in [0.25, 0.3) is 0 Å². The van der Waals surface area contributed by atoms with Crippen LogP contribution in [0.1, 0.15) is 53.0 Å². The highest BCUT2D eigenvalue weighted by atomic mass is 15.2. The van der Waals surface area contributed by atoms with Crippen LogP contribution in [0.5, 0.6) is 0 Å². The Labute approximate surface area is 123 Å². The van der Waals surface area contributed by atoms with E-state index in [2.05, 4.69) is 62.0 Å².